The number of nitro benzene ring substituents is 1. The van der Waals surface area contributed by atoms with Crippen LogP contribution in [0.2, 0.25) is 0 Å². The summed E-state index contributed by atoms with van der Waals surface area (Å²) in [4.78, 5) is 20.1. The number of hydrogen-bond donors (Lipinski definition) is 0. The third kappa shape index (κ3) is 2.26. The van der Waals surface area contributed by atoms with Gasteiger partial charge in [0.1, 0.15) is 6.29 Å². The van der Waals surface area contributed by atoms with Crippen molar-refractivity contribution in [2.75, 3.05) is 0 Å². The highest BCUT2D eigenvalue weighted by molar-refractivity contribution is 5.75. The Hall–Kier alpha value is -1.97. The molecule has 1 aromatic rings. The molecule has 1 rings (SSSR count). The predicted octanol–water partition coefficient (Wildman–Crippen LogP) is 2.12. The fourth-order valence-corrected chi connectivity index (χ4v) is 1.06. The molecule has 4 nitrogen and oxygen atoms in total. The summed E-state index contributed by atoms with van der Waals surface area (Å²) in [6, 6.07) is 4.53. The van der Waals surface area contributed by atoms with Crippen LogP contribution in [0.5, 0.6) is 0 Å². The molecule has 72 valence electrons. The third-order valence-corrected chi connectivity index (χ3v) is 1.83. The van der Waals surface area contributed by atoms with E-state index in [-0.39, 0.29) is 5.69 Å². The lowest BCUT2D eigenvalue weighted by Gasteiger charge is -1.98. The minimum absolute atomic E-state index is 0.0288. The first-order valence-corrected chi connectivity index (χ1v) is 4.02. The van der Waals surface area contributed by atoms with E-state index in [0.29, 0.717) is 11.8 Å². The number of nitro groups is 1. The summed E-state index contributed by atoms with van der Waals surface area (Å²) < 4.78 is 0. The second-order valence-electron chi connectivity index (χ2n) is 2.79. The van der Waals surface area contributed by atoms with E-state index in [1.807, 2.05) is 6.92 Å². The average Bonchev–Trinajstić information content (AvgIpc) is 2.16. The summed E-state index contributed by atoms with van der Waals surface area (Å²) in [5, 5.41) is 10.5. The molecule has 0 aliphatic rings. The third-order valence-electron chi connectivity index (χ3n) is 1.83. The van der Waals surface area contributed by atoms with Crippen molar-refractivity contribution < 1.29 is 9.72 Å². The number of benzene rings is 1. The molecule has 0 N–H and O–H groups in total. The summed E-state index contributed by atoms with van der Waals surface area (Å²) in [6.45, 7) is 1.83. The van der Waals surface area contributed by atoms with Crippen molar-refractivity contribution in [3.05, 3.63) is 45.5 Å². The van der Waals surface area contributed by atoms with Crippen LogP contribution in [0.25, 0.3) is 6.08 Å². The molecule has 0 aliphatic heterocycles. The minimum atomic E-state index is -0.461. The van der Waals surface area contributed by atoms with Gasteiger partial charge in [-0.25, -0.2) is 0 Å². The maximum absolute atomic E-state index is 10.5. The highest BCUT2D eigenvalue weighted by Gasteiger charge is 2.06. The summed E-state index contributed by atoms with van der Waals surface area (Å²) in [5.74, 6) is 0. The van der Waals surface area contributed by atoms with Crippen molar-refractivity contribution in [1.82, 2.24) is 0 Å². The first-order chi connectivity index (χ1) is 6.65. The molecule has 0 bridgehead atoms. The Morgan fingerprint density at radius 2 is 2.14 bits per heavy atom. The van der Waals surface area contributed by atoms with E-state index in [4.69, 9.17) is 0 Å². The van der Waals surface area contributed by atoms with Crippen molar-refractivity contribution in [1.29, 1.82) is 0 Å². The monoisotopic (exact) mass is 191 g/mol. The van der Waals surface area contributed by atoms with Crippen molar-refractivity contribution in [3.63, 3.8) is 0 Å². The van der Waals surface area contributed by atoms with Gasteiger partial charge in [0.05, 0.1) is 4.92 Å². The molecule has 0 aliphatic carbocycles. The predicted molar refractivity (Wildman–Crippen MR) is 52.9 cm³/mol. The molecule has 14 heavy (non-hydrogen) atoms. The Kier molecular flexibility index (Phi) is 3.12. The summed E-state index contributed by atoms with van der Waals surface area (Å²) in [7, 11) is 0. The Morgan fingerprint density at radius 1 is 1.43 bits per heavy atom. The molecule has 0 unspecified atom stereocenters. The zero-order valence-corrected chi connectivity index (χ0v) is 7.64. The van der Waals surface area contributed by atoms with E-state index < -0.39 is 4.92 Å². The molecule has 0 spiro atoms. The fourth-order valence-electron chi connectivity index (χ4n) is 1.06. The number of aryl methyl sites for hydroxylation is 1. The van der Waals surface area contributed by atoms with Gasteiger partial charge in [-0.2, -0.15) is 0 Å². The van der Waals surface area contributed by atoms with Crippen molar-refractivity contribution in [3.8, 4) is 0 Å². The lowest BCUT2D eigenvalue weighted by Crippen LogP contribution is -1.89. The van der Waals surface area contributed by atoms with E-state index in [1.54, 1.807) is 12.1 Å². The van der Waals surface area contributed by atoms with E-state index in [2.05, 4.69) is 0 Å². The van der Waals surface area contributed by atoms with Gasteiger partial charge in [-0.15, -0.1) is 0 Å². The molecule has 4 heteroatoms. The van der Waals surface area contributed by atoms with Crippen LogP contribution < -0.4 is 0 Å². The maximum Gasteiger partial charge on any atom is 0.270 e. The molecule has 0 amide bonds. The summed E-state index contributed by atoms with van der Waals surface area (Å²) in [5.41, 5.74) is 1.61. The number of carbonyl (C=O) groups is 1. The van der Waals surface area contributed by atoms with Gasteiger partial charge in [0, 0.05) is 12.1 Å². The van der Waals surface area contributed by atoms with Crippen molar-refractivity contribution in [2.24, 2.45) is 0 Å². The normalized spacial score (nSPS) is 10.4. The zero-order chi connectivity index (χ0) is 10.6. The minimum Gasteiger partial charge on any atom is -0.299 e. The Bertz CT molecular complexity index is 396. The van der Waals surface area contributed by atoms with Crippen LogP contribution in [-0.4, -0.2) is 11.2 Å². The van der Waals surface area contributed by atoms with Crippen molar-refractivity contribution in [2.45, 2.75) is 6.92 Å². The number of aldehydes is 1. The quantitative estimate of drug-likeness (QED) is 0.318. The van der Waals surface area contributed by atoms with Crippen LogP contribution in [0.15, 0.2) is 24.3 Å². The van der Waals surface area contributed by atoms with Crippen LogP contribution in [0.3, 0.4) is 0 Å². The van der Waals surface area contributed by atoms with Gasteiger partial charge >= 0.3 is 0 Å². The standard InChI is InChI=1S/C10H9NO3/c1-8-4-5-10(11(13)14)7-9(8)3-2-6-12/h2-7H,1H3/b3-2+. The van der Waals surface area contributed by atoms with E-state index in [0.717, 1.165) is 5.56 Å². The molecular weight excluding hydrogens is 182 g/mol. The number of carbonyl (C=O) groups excluding carboxylic acids is 1. The lowest BCUT2D eigenvalue weighted by atomic mass is 10.1. The topological polar surface area (TPSA) is 60.2 Å². The Labute approximate surface area is 81.0 Å². The van der Waals surface area contributed by atoms with E-state index >= 15 is 0 Å². The first kappa shape index (κ1) is 10.1. The van der Waals surface area contributed by atoms with Crippen LogP contribution in [0.1, 0.15) is 11.1 Å². The number of allylic oxidation sites excluding steroid dienone is 1. The zero-order valence-electron chi connectivity index (χ0n) is 7.64. The summed E-state index contributed by atoms with van der Waals surface area (Å²) >= 11 is 0. The van der Waals surface area contributed by atoms with Crippen molar-refractivity contribution >= 4 is 18.0 Å². The van der Waals surface area contributed by atoms with Gasteiger partial charge in [0.25, 0.3) is 5.69 Å². The van der Waals surface area contributed by atoms with Gasteiger partial charge in [0.15, 0.2) is 0 Å². The molecule has 0 radical (unpaired) electrons. The van der Waals surface area contributed by atoms with E-state index in [9.17, 15) is 14.9 Å². The largest absolute Gasteiger partial charge is 0.299 e. The second-order valence-corrected chi connectivity index (χ2v) is 2.79. The van der Waals surface area contributed by atoms with Gasteiger partial charge in [-0.3, -0.25) is 14.9 Å². The van der Waals surface area contributed by atoms with Gasteiger partial charge in [-0.1, -0.05) is 12.1 Å². The molecule has 0 saturated heterocycles. The average molecular weight is 191 g/mol. The summed E-state index contributed by atoms with van der Waals surface area (Å²) in [6.07, 6.45) is 3.50. The molecule has 0 aromatic heterocycles. The number of non-ortho nitro benzene ring substituents is 1. The first-order valence-electron chi connectivity index (χ1n) is 4.02. The molecule has 0 atom stereocenters. The number of rotatable bonds is 3. The molecular formula is C10H9NO3. The van der Waals surface area contributed by atoms with Gasteiger partial charge < -0.3 is 0 Å². The SMILES string of the molecule is Cc1ccc([N+](=O)[O-])cc1/C=C/C=O. The molecule has 0 saturated carbocycles. The molecule has 0 heterocycles. The fraction of sp³-hybridized carbons (Fsp3) is 0.100. The smallest absolute Gasteiger partial charge is 0.270 e. The Balaban J connectivity index is 3.14. The second kappa shape index (κ2) is 4.32. The highest BCUT2D eigenvalue weighted by Crippen LogP contribution is 2.18. The lowest BCUT2D eigenvalue weighted by molar-refractivity contribution is -0.384. The molecule has 0 fully saturated rings. The Morgan fingerprint density at radius 3 is 2.71 bits per heavy atom. The highest BCUT2D eigenvalue weighted by atomic mass is 16.6. The van der Waals surface area contributed by atoms with E-state index in [1.165, 1.54) is 18.2 Å². The maximum atomic E-state index is 10.5. The number of hydrogen-bond acceptors (Lipinski definition) is 3. The molecule has 1 aromatic carbocycles. The van der Waals surface area contributed by atoms with Gasteiger partial charge in [0.2, 0.25) is 0 Å². The van der Waals surface area contributed by atoms with Gasteiger partial charge in [-0.05, 0) is 24.1 Å². The van der Waals surface area contributed by atoms with Crippen LogP contribution in [-0.2, 0) is 4.79 Å². The van der Waals surface area contributed by atoms with Crippen LogP contribution in [0.4, 0.5) is 5.69 Å². The van der Waals surface area contributed by atoms with Crippen LogP contribution >= 0.6 is 0 Å². The van der Waals surface area contributed by atoms with Crippen LogP contribution in [0, 0.1) is 17.0 Å². The number of nitrogens with zero attached hydrogens (tertiary/aromatic N) is 1.